The Bertz CT molecular complexity index is 790. The Balaban J connectivity index is 2.43. The molecule has 0 aliphatic rings. The zero-order valence-corrected chi connectivity index (χ0v) is 14.0. The fourth-order valence-corrected chi connectivity index (χ4v) is 3.07. The largest absolute Gasteiger partial charge is 0.497 e. The van der Waals surface area contributed by atoms with Crippen LogP contribution in [0, 0.1) is 0 Å². The molecule has 118 valence electrons. The van der Waals surface area contributed by atoms with Gasteiger partial charge in [-0.15, -0.1) is 0 Å². The molecule has 0 N–H and O–H groups in total. The summed E-state index contributed by atoms with van der Waals surface area (Å²) < 4.78 is 40.0. The van der Waals surface area contributed by atoms with Crippen LogP contribution in [0.2, 0.25) is 10.0 Å². The highest BCUT2D eigenvalue weighted by molar-refractivity contribution is 7.87. The number of methoxy groups -OCH3 is 2. The zero-order valence-electron chi connectivity index (χ0n) is 11.7. The molecule has 8 heteroatoms. The van der Waals surface area contributed by atoms with E-state index >= 15 is 0 Å². The van der Waals surface area contributed by atoms with E-state index in [4.69, 9.17) is 36.9 Å². The Hall–Kier alpha value is -1.63. The van der Waals surface area contributed by atoms with Crippen molar-refractivity contribution in [2.24, 2.45) is 0 Å². The minimum absolute atomic E-state index is 0.0410. The van der Waals surface area contributed by atoms with Gasteiger partial charge in [-0.3, -0.25) is 0 Å². The van der Waals surface area contributed by atoms with E-state index in [1.165, 1.54) is 44.6 Å². The summed E-state index contributed by atoms with van der Waals surface area (Å²) in [5.74, 6) is 0.539. The molecular weight excluding hydrogens is 351 g/mol. The third kappa shape index (κ3) is 3.58. The van der Waals surface area contributed by atoms with Crippen molar-refractivity contribution >= 4 is 33.3 Å². The lowest BCUT2D eigenvalue weighted by atomic mass is 10.3. The topological polar surface area (TPSA) is 61.8 Å². The molecule has 22 heavy (non-hydrogen) atoms. The van der Waals surface area contributed by atoms with E-state index in [0.717, 1.165) is 0 Å². The van der Waals surface area contributed by atoms with Gasteiger partial charge in [0.25, 0.3) is 0 Å². The van der Waals surface area contributed by atoms with E-state index in [9.17, 15) is 8.42 Å². The lowest BCUT2D eigenvalue weighted by Crippen LogP contribution is -2.11. The van der Waals surface area contributed by atoms with Gasteiger partial charge in [-0.05, 0) is 24.3 Å². The number of hydrogen-bond donors (Lipinski definition) is 0. The average Bonchev–Trinajstić information content (AvgIpc) is 2.50. The molecule has 0 unspecified atom stereocenters. The Morgan fingerprint density at radius 2 is 1.55 bits per heavy atom. The second-order valence-electron chi connectivity index (χ2n) is 4.13. The van der Waals surface area contributed by atoms with Crippen LogP contribution in [0.1, 0.15) is 0 Å². The van der Waals surface area contributed by atoms with Crippen molar-refractivity contribution in [3.63, 3.8) is 0 Å². The lowest BCUT2D eigenvalue weighted by Gasteiger charge is -2.12. The Morgan fingerprint density at radius 3 is 2.14 bits per heavy atom. The molecule has 0 radical (unpaired) electrons. The second-order valence-corrected chi connectivity index (χ2v) is 6.46. The first-order valence-corrected chi connectivity index (χ1v) is 8.15. The summed E-state index contributed by atoms with van der Waals surface area (Å²) in [5.41, 5.74) is 0. The van der Waals surface area contributed by atoms with Crippen molar-refractivity contribution in [2.75, 3.05) is 14.2 Å². The van der Waals surface area contributed by atoms with E-state index in [0.29, 0.717) is 10.8 Å². The van der Waals surface area contributed by atoms with Gasteiger partial charge in [-0.1, -0.05) is 23.2 Å². The molecule has 2 aromatic rings. The summed E-state index contributed by atoms with van der Waals surface area (Å²) in [4.78, 5) is -0.152. The third-order valence-electron chi connectivity index (χ3n) is 2.74. The van der Waals surface area contributed by atoms with Gasteiger partial charge < -0.3 is 13.7 Å². The molecule has 0 aliphatic carbocycles. The van der Waals surface area contributed by atoms with Crippen molar-refractivity contribution in [1.29, 1.82) is 0 Å². The average molecular weight is 363 g/mol. The van der Waals surface area contributed by atoms with Crippen molar-refractivity contribution in [2.45, 2.75) is 4.90 Å². The highest BCUT2D eigenvalue weighted by Crippen LogP contribution is 2.32. The summed E-state index contributed by atoms with van der Waals surface area (Å²) in [6.07, 6.45) is 0. The van der Waals surface area contributed by atoms with Crippen LogP contribution in [0.15, 0.2) is 41.3 Å². The first-order chi connectivity index (χ1) is 10.4. The van der Waals surface area contributed by atoms with Gasteiger partial charge in [0.1, 0.15) is 17.2 Å². The van der Waals surface area contributed by atoms with E-state index in [1.807, 2.05) is 0 Å². The van der Waals surface area contributed by atoms with Crippen molar-refractivity contribution < 1.29 is 22.1 Å². The second kappa shape index (κ2) is 6.64. The highest BCUT2D eigenvalue weighted by atomic mass is 35.5. The first kappa shape index (κ1) is 16.7. The predicted molar refractivity (Wildman–Crippen MR) is 83.8 cm³/mol. The Labute approximate surface area is 138 Å². The summed E-state index contributed by atoms with van der Waals surface area (Å²) in [5, 5.41) is 0.484. The van der Waals surface area contributed by atoms with E-state index in [2.05, 4.69) is 0 Å². The van der Waals surface area contributed by atoms with Gasteiger partial charge in [-0.2, -0.15) is 8.42 Å². The number of halogens is 2. The Kier molecular flexibility index (Phi) is 5.05. The molecule has 2 aromatic carbocycles. The number of benzene rings is 2. The SMILES string of the molecule is COc1ccc(OC)c(S(=O)(=O)Oc2ccc(Cl)c(Cl)c2)c1. The summed E-state index contributed by atoms with van der Waals surface area (Å²) in [7, 11) is -1.34. The van der Waals surface area contributed by atoms with Crippen LogP contribution in [0.25, 0.3) is 0 Å². The fourth-order valence-electron chi connectivity index (χ4n) is 1.68. The zero-order chi connectivity index (χ0) is 16.3. The quantitative estimate of drug-likeness (QED) is 0.757. The number of ether oxygens (including phenoxy) is 2. The molecule has 0 aliphatic heterocycles. The van der Waals surface area contributed by atoms with Crippen LogP contribution in [0.5, 0.6) is 17.2 Å². The maximum absolute atomic E-state index is 12.4. The highest BCUT2D eigenvalue weighted by Gasteiger charge is 2.23. The molecule has 0 spiro atoms. The molecule has 2 rings (SSSR count). The van der Waals surface area contributed by atoms with Crippen LogP contribution >= 0.6 is 23.2 Å². The smallest absolute Gasteiger partial charge is 0.343 e. The first-order valence-electron chi connectivity index (χ1n) is 5.99. The fraction of sp³-hybridized carbons (Fsp3) is 0.143. The van der Waals surface area contributed by atoms with Crippen LogP contribution in [-0.2, 0) is 10.1 Å². The molecule has 0 amide bonds. The van der Waals surface area contributed by atoms with Gasteiger partial charge in [0.05, 0.1) is 24.3 Å². The molecule has 0 saturated carbocycles. The minimum atomic E-state index is -4.13. The van der Waals surface area contributed by atoms with E-state index in [1.54, 1.807) is 6.07 Å². The molecular formula is C14H12Cl2O5S. The summed E-state index contributed by atoms with van der Waals surface area (Å²) in [6.45, 7) is 0. The molecule has 0 saturated heterocycles. The Morgan fingerprint density at radius 1 is 0.864 bits per heavy atom. The van der Waals surface area contributed by atoms with Crippen molar-refractivity contribution in [3.05, 3.63) is 46.4 Å². The molecule has 0 bridgehead atoms. The monoisotopic (exact) mass is 362 g/mol. The van der Waals surface area contributed by atoms with Crippen LogP contribution in [0.4, 0.5) is 0 Å². The van der Waals surface area contributed by atoms with Gasteiger partial charge >= 0.3 is 10.1 Å². The van der Waals surface area contributed by atoms with Gasteiger partial charge in [0, 0.05) is 12.1 Å². The third-order valence-corrected chi connectivity index (χ3v) is 4.75. The van der Waals surface area contributed by atoms with Crippen LogP contribution < -0.4 is 13.7 Å². The predicted octanol–water partition coefficient (Wildman–Crippen LogP) is 3.78. The van der Waals surface area contributed by atoms with Gasteiger partial charge in [-0.25, -0.2) is 0 Å². The minimum Gasteiger partial charge on any atom is -0.497 e. The van der Waals surface area contributed by atoms with Gasteiger partial charge in [0.2, 0.25) is 0 Å². The van der Waals surface area contributed by atoms with Gasteiger partial charge in [0.15, 0.2) is 4.90 Å². The maximum atomic E-state index is 12.4. The van der Waals surface area contributed by atoms with E-state index < -0.39 is 10.1 Å². The molecule has 0 heterocycles. The number of rotatable bonds is 5. The summed E-state index contributed by atoms with van der Waals surface area (Å²) in [6, 6.07) is 8.52. The van der Waals surface area contributed by atoms with E-state index in [-0.39, 0.29) is 21.4 Å². The molecule has 0 atom stereocenters. The molecule has 0 fully saturated rings. The lowest BCUT2D eigenvalue weighted by molar-refractivity contribution is 0.388. The standard InChI is InChI=1S/C14H12Cl2O5S/c1-19-9-4-6-13(20-2)14(8-9)22(17,18)21-10-3-5-11(15)12(16)7-10/h3-8H,1-2H3. The van der Waals surface area contributed by atoms with Crippen molar-refractivity contribution in [1.82, 2.24) is 0 Å². The normalized spacial score (nSPS) is 11.1. The van der Waals surface area contributed by atoms with Crippen LogP contribution in [0.3, 0.4) is 0 Å². The summed E-state index contributed by atoms with van der Waals surface area (Å²) >= 11 is 11.6. The number of hydrogen-bond acceptors (Lipinski definition) is 5. The van der Waals surface area contributed by atoms with Crippen molar-refractivity contribution in [3.8, 4) is 17.2 Å². The molecule has 5 nitrogen and oxygen atoms in total. The van der Waals surface area contributed by atoms with Crippen LogP contribution in [-0.4, -0.2) is 22.6 Å². The molecule has 0 aromatic heterocycles. The maximum Gasteiger partial charge on any atom is 0.343 e.